The van der Waals surface area contributed by atoms with Crippen LogP contribution in [0.5, 0.6) is 0 Å². The normalized spacial score (nSPS) is 11.0. The zero-order chi connectivity index (χ0) is 22.9. The number of hydrogen-bond acceptors (Lipinski definition) is 5. The monoisotopic (exact) mass is 464 g/mol. The molecule has 0 radical (unpaired) electrons. The van der Waals surface area contributed by atoms with Crippen LogP contribution in [0, 0.1) is 17.5 Å². The molecule has 0 amide bonds. The molecule has 0 unspecified atom stereocenters. The lowest BCUT2D eigenvalue weighted by Gasteiger charge is -2.08. The van der Waals surface area contributed by atoms with Crippen molar-refractivity contribution in [3.8, 4) is 45.2 Å². The van der Waals surface area contributed by atoms with Gasteiger partial charge in [-0.3, -0.25) is 4.98 Å². The van der Waals surface area contributed by atoms with Gasteiger partial charge in [0.25, 0.3) is 0 Å². The highest BCUT2D eigenvalue weighted by atomic mass is 35.5. The fourth-order valence-corrected chi connectivity index (χ4v) is 3.54. The van der Waals surface area contributed by atoms with E-state index in [2.05, 4.69) is 20.1 Å². The van der Waals surface area contributed by atoms with E-state index >= 15 is 0 Å². The third-order valence-corrected chi connectivity index (χ3v) is 5.12. The third-order valence-electron chi connectivity index (χ3n) is 4.89. The molecule has 2 aromatic carbocycles. The molecule has 0 aliphatic heterocycles. The third kappa shape index (κ3) is 3.96. The molecule has 5 rings (SSSR count). The second kappa shape index (κ2) is 8.48. The second-order valence-corrected chi connectivity index (χ2v) is 7.43. The average molecular weight is 465 g/mol. The predicted octanol–water partition coefficient (Wildman–Crippen LogP) is 6.60. The minimum atomic E-state index is -0.864. The summed E-state index contributed by atoms with van der Waals surface area (Å²) in [6, 6.07) is 12.2. The summed E-state index contributed by atoms with van der Waals surface area (Å²) in [5, 5.41) is 4.21. The molecular formula is C24H12ClF3N4O. The van der Waals surface area contributed by atoms with Gasteiger partial charge in [0.05, 0.1) is 16.8 Å². The van der Waals surface area contributed by atoms with Crippen LogP contribution in [0.4, 0.5) is 13.2 Å². The first-order chi connectivity index (χ1) is 16.0. The Morgan fingerprint density at radius 3 is 2.42 bits per heavy atom. The van der Waals surface area contributed by atoms with Crippen LogP contribution in [-0.4, -0.2) is 20.1 Å². The van der Waals surface area contributed by atoms with Gasteiger partial charge in [-0.1, -0.05) is 16.8 Å². The van der Waals surface area contributed by atoms with Crippen molar-refractivity contribution < 1.29 is 17.7 Å². The van der Waals surface area contributed by atoms with Crippen LogP contribution in [0.2, 0.25) is 5.02 Å². The van der Waals surface area contributed by atoms with Crippen molar-refractivity contribution in [3.63, 3.8) is 0 Å². The first-order valence-corrected chi connectivity index (χ1v) is 10.0. The topological polar surface area (TPSA) is 64.7 Å². The van der Waals surface area contributed by atoms with E-state index in [-0.39, 0.29) is 33.2 Å². The Balaban J connectivity index is 1.77. The molecule has 0 N–H and O–H groups in total. The molecule has 3 aromatic heterocycles. The summed E-state index contributed by atoms with van der Waals surface area (Å²) in [5.74, 6) is -1.95. The van der Waals surface area contributed by atoms with E-state index in [1.54, 1.807) is 30.6 Å². The molecular weight excluding hydrogens is 453 g/mol. The lowest BCUT2D eigenvalue weighted by molar-refractivity contribution is 0.432. The molecule has 0 bridgehead atoms. The quantitative estimate of drug-likeness (QED) is 0.300. The molecule has 0 fully saturated rings. The Morgan fingerprint density at radius 2 is 1.67 bits per heavy atom. The first-order valence-electron chi connectivity index (χ1n) is 9.65. The van der Waals surface area contributed by atoms with E-state index in [0.29, 0.717) is 17.1 Å². The number of benzene rings is 2. The molecule has 0 saturated carbocycles. The number of hydrogen-bond donors (Lipinski definition) is 0. The van der Waals surface area contributed by atoms with Crippen molar-refractivity contribution in [1.82, 2.24) is 20.1 Å². The fraction of sp³-hybridized carbons (Fsp3) is 0. The molecule has 0 aliphatic rings. The second-order valence-electron chi connectivity index (χ2n) is 6.99. The van der Waals surface area contributed by atoms with Gasteiger partial charge in [-0.05, 0) is 48.5 Å². The van der Waals surface area contributed by atoms with Crippen LogP contribution in [0.3, 0.4) is 0 Å². The summed E-state index contributed by atoms with van der Waals surface area (Å²) in [4.78, 5) is 12.9. The smallest absolute Gasteiger partial charge is 0.179 e. The molecule has 5 nitrogen and oxygen atoms in total. The van der Waals surface area contributed by atoms with Crippen LogP contribution in [0.1, 0.15) is 0 Å². The van der Waals surface area contributed by atoms with E-state index < -0.39 is 17.5 Å². The van der Waals surface area contributed by atoms with Gasteiger partial charge in [-0.25, -0.2) is 23.1 Å². The molecule has 33 heavy (non-hydrogen) atoms. The van der Waals surface area contributed by atoms with Crippen molar-refractivity contribution >= 4 is 11.6 Å². The number of rotatable bonds is 4. The summed E-state index contributed by atoms with van der Waals surface area (Å²) in [5.41, 5.74) is 1.26. The molecule has 5 aromatic rings. The van der Waals surface area contributed by atoms with Gasteiger partial charge in [0.2, 0.25) is 0 Å². The van der Waals surface area contributed by atoms with Gasteiger partial charge < -0.3 is 4.52 Å². The van der Waals surface area contributed by atoms with E-state index in [0.717, 1.165) is 18.2 Å². The summed E-state index contributed by atoms with van der Waals surface area (Å²) in [6.07, 6.45) is 4.71. The SMILES string of the molecule is Fc1ccc(-c2onc(-c3ccc(Cl)cc3F)c2-c2ccnc(-c3cccnc3)n2)c(F)c1. The molecule has 9 heteroatoms. The Labute approximate surface area is 190 Å². The zero-order valence-electron chi connectivity index (χ0n) is 16.6. The maximum Gasteiger partial charge on any atom is 0.179 e. The van der Waals surface area contributed by atoms with Crippen molar-refractivity contribution in [2.75, 3.05) is 0 Å². The molecule has 0 aliphatic carbocycles. The Hall–Kier alpha value is -4.04. The van der Waals surface area contributed by atoms with Gasteiger partial charge in [0.15, 0.2) is 11.6 Å². The summed E-state index contributed by atoms with van der Waals surface area (Å²) in [6.45, 7) is 0. The number of halogens is 4. The van der Waals surface area contributed by atoms with Gasteiger partial charge in [0, 0.05) is 40.8 Å². The standard InChI is InChI=1S/C24H12ClF3N4O/c25-14-3-5-16(18(27)10-14)22-21(23(33-32-22)17-6-4-15(26)11-19(17)28)20-7-9-30-24(31-20)13-2-1-8-29-12-13/h1-12H. The maximum atomic E-state index is 14.8. The Kier molecular flexibility index (Phi) is 5.35. The fourth-order valence-electron chi connectivity index (χ4n) is 3.38. The zero-order valence-corrected chi connectivity index (χ0v) is 17.4. The van der Waals surface area contributed by atoms with E-state index in [1.165, 1.54) is 24.4 Å². The molecule has 3 heterocycles. The van der Waals surface area contributed by atoms with Crippen molar-refractivity contribution in [2.45, 2.75) is 0 Å². The summed E-state index contributed by atoms with van der Waals surface area (Å²) >= 11 is 5.89. The highest BCUT2D eigenvalue weighted by Gasteiger charge is 2.26. The molecule has 0 saturated heterocycles. The summed E-state index contributed by atoms with van der Waals surface area (Å²) in [7, 11) is 0. The van der Waals surface area contributed by atoms with Crippen LogP contribution in [0.25, 0.3) is 45.2 Å². The van der Waals surface area contributed by atoms with Crippen molar-refractivity contribution in [3.05, 3.63) is 95.7 Å². The van der Waals surface area contributed by atoms with Crippen LogP contribution in [-0.2, 0) is 0 Å². The van der Waals surface area contributed by atoms with Crippen molar-refractivity contribution in [2.24, 2.45) is 0 Å². The van der Waals surface area contributed by atoms with E-state index in [4.69, 9.17) is 16.1 Å². The predicted molar refractivity (Wildman–Crippen MR) is 117 cm³/mol. The Morgan fingerprint density at radius 1 is 0.848 bits per heavy atom. The van der Waals surface area contributed by atoms with Gasteiger partial charge in [-0.15, -0.1) is 0 Å². The Bertz CT molecular complexity index is 1410. The molecule has 0 spiro atoms. The minimum Gasteiger partial charge on any atom is -0.355 e. The number of nitrogens with zero attached hydrogens (tertiary/aromatic N) is 4. The highest BCUT2D eigenvalue weighted by molar-refractivity contribution is 6.30. The van der Waals surface area contributed by atoms with Crippen molar-refractivity contribution in [1.29, 1.82) is 0 Å². The molecule has 0 atom stereocenters. The largest absolute Gasteiger partial charge is 0.355 e. The molecule has 162 valence electrons. The maximum absolute atomic E-state index is 14.8. The lowest BCUT2D eigenvalue weighted by Crippen LogP contribution is -1.95. The van der Waals surface area contributed by atoms with Crippen LogP contribution < -0.4 is 0 Å². The van der Waals surface area contributed by atoms with E-state index in [9.17, 15) is 13.2 Å². The minimum absolute atomic E-state index is 0.0345. The number of pyridine rings is 1. The van der Waals surface area contributed by atoms with E-state index in [1.807, 2.05) is 0 Å². The lowest BCUT2D eigenvalue weighted by atomic mass is 9.99. The number of aromatic nitrogens is 4. The van der Waals surface area contributed by atoms with Gasteiger partial charge in [0.1, 0.15) is 23.1 Å². The van der Waals surface area contributed by atoms with Gasteiger partial charge in [-0.2, -0.15) is 0 Å². The van der Waals surface area contributed by atoms with Crippen LogP contribution in [0.15, 0.2) is 77.7 Å². The van der Waals surface area contributed by atoms with Gasteiger partial charge >= 0.3 is 0 Å². The first kappa shape index (κ1) is 20.8. The van der Waals surface area contributed by atoms with Crippen LogP contribution >= 0.6 is 11.6 Å². The highest BCUT2D eigenvalue weighted by Crippen LogP contribution is 2.41. The summed E-state index contributed by atoms with van der Waals surface area (Å²) < 4.78 is 48.4. The average Bonchev–Trinajstić information content (AvgIpc) is 3.24.